The lowest BCUT2D eigenvalue weighted by atomic mass is 10.0. The highest BCUT2D eigenvalue weighted by atomic mass is 19.4. The van der Waals surface area contributed by atoms with E-state index in [2.05, 4.69) is 14.7 Å². The third-order valence-corrected chi connectivity index (χ3v) is 3.41. The number of nitrogens with one attached hydrogen (secondary N) is 1. The molecule has 0 aliphatic carbocycles. The number of hydrogen-bond donors (Lipinski definition) is 3. The Labute approximate surface area is 134 Å². The highest BCUT2D eigenvalue weighted by Gasteiger charge is 2.32. The van der Waals surface area contributed by atoms with Crippen molar-refractivity contribution in [2.75, 3.05) is 0 Å². The summed E-state index contributed by atoms with van der Waals surface area (Å²) in [6, 6.07) is 8.78. The molecule has 1 aromatic heterocycles. The van der Waals surface area contributed by atoms with Gasteiger partial charge in [0.2, 0.25) is 0 Å². The number of nitrogens with zero attached hydrogens (tertiary/aromatic N) is 1. The van der Waals surface area contributed by atoms with E-state index in [0.717, 1.165) is 12.1 Å². The van der Waals surface area contributed by atoms with Gasteiger partial charge in [0, 0.05) is 0 Å². The number of imidazole rings is 1. The molecule has 0 amide bonds. The summed E-state index contributed by atoms with van der Waals surface area (Å²) in [6.07, 6.45) is -5.66. The van der Waals surface area contributed by atoms with Gasteiger partial charge in [-0.05, 0) is 42.3 Å². The third kappa shape index (κ3) is 3.28. The van der Waals surface area contributed by atoms with Crippen molar-refractivity contribution in [1.29, 1.82) is 0 Å². The number of aromatic amines is 1. The van der Waals surface area contributed by atoms with Crippen LogP contribution in [0.15, 0.2) is 36.4 Å². The van der Waals surface area contributed by atoms with Crippen molar-refractivity contribution < 1.29 is 28.1 Å². The molecule has 1 heterocycles. The Morgan fingerprint density at radius 1 is 1.12 bits per heavy atom. The number of rotatable bonds is 3. The number of alkyl halides is 3. The summed E-state index contributed by atoms with van der Waals surface area (Å²) >= 11 is 0. The monoisotopic (exact) mass is 338 g/mol. The zero-order valence-corrected chi connectivity index (χ0v) is 12.4. The van der Waals surface area contributed by atoms with E-state index in [9.17, 15) is 23.4 Å². The van der Waals surface area contributed by atoms with E-state index in [1.165, 1.54) is 6.07 Å². The first-order valence-corrected chi connectivity index (χ1v) is 7.00. The molecule has 1 atom stereocenters. The van der Waals surface area contributed by atoms with Crippen molar-refractivity contribution in [3.63, 3.8) is 0 Å². The first-order chi connectivity index (χ1) is 11.2. The maximum absolute atomic E-state index is 12.4. The Hall–Kier alpha value is -2.74. The van der Waals surface area contributed by atoms with Crippen LogP contribution < -0.4 is 4.74 Å². The predicted octanol–water partition coefficient (Wildman–Crippen LogP) is 3.89. The van der Waals surface area contributed by atoms with Crippen molar-refractivity contribution in [2.45, 2.75) is 19.4 Å². The lowest BCUT2D eigenvalue weighted by molar-refractivity contribution is -0.275. The van der Waals surface area contributed by atoms with Crippen LogP contribution in [0, 0.1) is 0 Å². The molecule has 1 unspecified atom stereocenters. The number of H-pyrrole nitrogens is 1. The number of ether oxygens (including phenoxy) is 1. The average molecular weight is 338 g/mol. The Bertz CT molecular complexity index is 888. The van der Waals surface area contributed by atoms with E-state index in [-0.39, 0.29) is 0 Å². The van der Waals surface area contributed by atoms with Crippen molar-refractivity contribution in [2.24, 2.45) is 0 Å². The fourth-order valence-corrected chi connectivity index (χ4v) is 2.31. The van der Waals surface area contributed by atoms with Crippen molar-refractivity contribution in [3.05, 3.63) is 42.2 Å². The molecule has 0 saturated heterocycles. The van der Waals surface area contributed by atoms with Gasteiger partial charge in [0.25, 0.3) is 0 Å². The Balaban J connectivity index is 2.02. The third-order valence-electron chi connectivity index (χ3n) is 3.41. The number of aliphatic hydroxyl groups excluding tert-OH is 1. The van der Waals surface area contributed by atoms with Crippen LogP contribution in [0.5, 0.6) is 11.5 Å². The van der Waals surface area contributed by atoms with Gasteiger partial charge < -0.3 is 19.9 Å². The molecule has 5 nitrogen and oxygen atoms in total. The van der Waals surface area contributed by atoms with E-state index in [1.54, 1.807) is 25.1 Å². The zero-order valence-electron chi connectivity index (χ0n) is 12.4. The molecule has 3 aromatic rings. The summed E-state index contributed by atoms with van der Waals surface area (Å²) in [5, 5.41) is 19.1. The first kappa shape index (κ1) is 16.1. The van der Waals surface area contributed by atoms with Crippen LogP contribution in [0.25, 0.3) is 22.2 Å². The molecule has 0 spiro atoms. The number of aliphatic hydroxyl groups is 1. The quantitative estimate of drug-likeness (QED) is 0.677. The fraction of sp³-hybridized carbons (Fsp3) is 0.188. The largest absolute Gasteiger partial charge is 0.573 e. The number of halogens is 3. The van der Waals surface area contributed by atoms with Gasteiger partial charge in [-0.2, -0.15) is 0 Å². The van der Waals surface area contributed by atoms with Crippen LogP contribution in [0.4, 0.5) is 13.2 Å². The first-order valence-electron chi connectivity index (χ1n) is 7.00. The number of phenols is 1. The lowest BCUT2D eigenvalue weighted by Crippen LogP contribution is -2.17. The number of fused-ring (bicyclic) bond motifs is 1. The summed E-state index contributed by atoms with van der Waals surface area (Å²) in [4.78, 5) is 7.16. The molecule has 3 rings (SSSR count). The minimum Gasteiger partial charge on any atom is -0.504 e. The number of phenolic OH excluding ortho intramolecular Hbond substituents is 1. The number of benzene rings is 2. The Morgan fingerprint density at radius 2 is 1.79 bits per heavy atom. The molecule has 2 aromatic carbocycles. The zero-order chi connectivity index (χ0) is 17.5. The highest BCUT2D eigenvalue weighted by Crippen LogP contribution is 2.35. The second-order valence-corrected chi connectivity index (χ2v) is 5.26. The summed E-state index contributed by atoms with van der Waals surface area (Å²) < 4.78 is 40.9. The predicted molar refractivity (Wildman–Crippen MR) is 80.5 cm³/mol. The normalized spacial score (nSPS) is 13.2. The molecule has 8 heteroatoms. The number of aromatic hydroxyl groups is 1. The minimum absolute atomic E-state index is 0.397. The second-order valence-electron chi connectivity index (χ2n) is 5.26. The number of aromatic nitrogens is 2. The molecule has 126 valence electrons. The standard InChI is InChI=1S/C16H13F3N2O3/c1-8(22)15-20-11-4-2-9(6-12(11)21-15)10-3-5-13(23)14(7-10)24-16(17,18)19/h2-8,22-23H,1H3,(H,20,21). The molecule has 24 heavy (non-hydrogen) atoms. The van der Waals surface area contributed by atoms with Crippen molar-refractivity contribution >= 4 is 11.0 Å². The number of hydrogen-bond acceptors (Lipinski definition) is 4. The van der Waals surface area contributed by atoms with Gasteiger partial charge in [-0.25, -0.2) is 4.98 Å². The van der Waals surface area contributed by atoms with E-state index >= 15 is 0 Å². The molecule has 0 radical (unpaired) electrons. The van der Waals surface area contributed by atoms with Gasteiger partial charge in [-0.3, -0.25) is 0 Å². The van der Waals surface area contributed by atoms with Gasteiger partial charge in [-0.1, -0.05) is 12.1 Å². The summed E-state index contributed by atoms with van der Waals surface area (Å²) in [6.45, 7) is 1.57. The SMILES string of the molecule is CC(O)c1nc2ccc(-c3ccc(O)c(OC(F)(F)F)c3)cc2[nH]1. The Morgan fingerprint density at radius 3 is 2.46 bits per heavy atom. The van der Waals surface area contributed by atoms with Crippen LogP contribution in [0.2, 0.25) is 0 Å². The van der Waals surface area contributed by atoms with E-state index in [0.29, 0.717) is 28.0 Å². The van der Waals surface area contributed by atoms with Crippen LogP contribution in [-0.4, -0.2) is 26.5 Å². The molecular weight excluding hydrogens is 325 g/mol. The fourth-order valence-electron chi connectivity index (χ4n) is 2.31. The van der Waals surface area contributed by atoms with Gasteiger partial charge in [-0.15, -0.1) is 13.2 Å². The van der Waals surface area contributed by atoms with E-state index in [4.69, 9.17) is 0 Å². The second kappa shape index (κ2) is 5.72. The highest BCUT2D eigenvalue weighted by molar-refractivity contribution is 5.82. The summed E-state index contributed by atoms with van der Waals surface area (Å²) in [7, 11) is 0. The smallest absolute Gasteiger partial charge is 0.504 e. The van der Waals surface area contributed by atoms with Gasteiger partial charge >= 0.3 is 6.36 Å². The lowest BCUT2D eigenvalue weighted by Gasteiger charge is -2.12. The summed E-state index contributed by atoms with van der Waals surface area (Å²) in [5.41, 5.74) is 2.30. The Kier molecular flexibility index (Phi) is 3.84. The van der Waals surface area contributed by atoms with Crippen molar-refractivity contribution in [3.8, 4) is 22.6 Å². The van der Waals surface area contributed by atoms with Crippen LogP contribution in [0.3, 0.4) is 0 Å². The van der Waals surface area contributed by atoms with Crippen LogP contribution >= 0.6 is 0 Å². The maximum Gasteiger partial charge on any atom is 0.573 e. The van der Waals surface area contributed by atoms with Crippen LogP contribution in [-0.2, 0) is 0 Å². The van der Waals surface area contributed by atoms with Crippen molar-refractivity contribution in [1.82, 2.24) is 9.97 Å². The average Bonchev–Trinajstić information content (AvgIpc) is 2.91. The molecule has 0 fully saturated rings. The molecule has 0 bridgehead atoms. The molecule has 0 aliphatic rings. The maximum atomic E-state index is 12.4. The van der Waals surface area contributed by atoms with Gasteiger partial charge in [0.05, 0.1) is 11.0 Å². The van der Waals surface area contributed by atoms with Crippen LogP contribution in [0.1, 0.15) is 18.9 Å². The molecule has 3 N–H and O–H groups in total. The topological polar surface area (TPSA) is 78.4 Å². The van der Waals surface area contributed by atoms with E-state index < -0.39 is 24.0 Å². The molecular formula is C16H13F3N2O3. The van der Waals surface area contributed by atoms with Gasteiger partial charge in [0.1, 0.15) is 11.9 Å². The molecule has 0 saturated carbocycles. The minimum atomic E-state index is -4.89. The molecule has 0 aliphatic heterocycles. The summed E-state index contributed by atoms with van der Waals surface area (Å²) in [5.74, 6) is -0.876. The van der Waals surface area contributed by atoms with Gasteiger partial charge in [0.15, 0.2) is 11.5 Å². The van der Waals surface area contributed by atoms with E-state index in [1.807, 2.05) is 0 Å².